The molecular formula is C90H147NO13. The maximum absolute atomic E-state index is 13.4. The highest BCUT2D eigenvalue weighted by Gasteiger charge is 2.51. The standard InChI is InChI=1S/C90H147NO13/c1-3-5-7-9-11-13-15-17-19-21-23-25-27-29-31-33-34-35-36-37-38-39-40-41-42-43-44-46-48-50-52-54-56-58-60-62-64-66-68-70-72-74-82(95)91-78(77-101-89-87(100)85(98)88(81(76-93)103-89)104-90-86(99)84(97)83(96)80(75-92)102-90)79(94)73-71-69-67-65-63-61-59-57-55-53-51-49-47-45-32-30-28-26-24-22-20-18-16-14-12-10-8-6-4-2/h5,7,11,13,17,19,23,25,29,31,34-35,37-38,40-41,43-44,48,50,54-57,60,62-63,65,71,73,78-81,83-90,92-94,96-100H,3-4,6,8-10,12,14-16,18,20-22,24,26-28,30,32-33,36,39,42,45-47,49,51-53,58-59,61,64,66-70,72,74-77H2,1-2H3,(H,91,95)/b7-5-,13-11-,19-17-,25-23-,31-29-,35-34-,38-37-,41-40-,44-43-,50-48-,56-54-,57-55+,62-60-,65-63+,73-71+. The Labute approximate surface area is 631 Å². The first-order valence-corrected chi connectivity index (χ1v) is 41.0. The van der Waals surface area contributed by atoms with Crippen molar-refractivity contribution in [3.05, 3.63) is 182 Å². The second-order valence-electron chi connectivity index (χ2n) is 27.8. The summed E-state index contributed by atoms with van der Waals surface area (Å²) in [5.41, 5.74) is 0. The smallest absolute Gasteiger partial charge is 0.220 e. The minimum absolute atomic E-state index is 0.228. The molecule has 12 unspecified atom stereocenters. The van der Waals surface area contributed by atoms with Gasteiger partial charge in [-0.3, -0.25) is 4.79 Å². The maximum Gasteiger partial charge on any atom is 0.220 e. The van der Waals surface area contributed by atoms with Gasteiger partial charge in [0.05, 0.1) is 32.0 Å². The highest BCUT2D eigenvalue weighted by Crippen LogP contribution is 2.30. The number of aliphatic hydroxyl groups is 8. The summed E-state index contributed by atoms with van der Waals surface area (Å²) >= 11 is 0. The molecule has 0 bridgehead atoms. The number of aliphatic hydroxyl groups excluding tert-OH is 8. The predicted molar refractivity (Wildman–Crippen MR) is 433 cm³/mol. The average molecular weight is 1450 g/mol. The van der Waals surface area contributed by atoms with Crippen molar-refractivity contribution in [1.82, 2.24) is 5.32 Å². The van der Waals surface area contributed by atoms with Gasteiger partial charge in [0.2, 0.25) is 5.91 Å². The molecule has 2 aliphatic heterocycles. The van der Waals surface area contributed by atoms with Crippen LogP contribution in [-0.2, 0) is 23.7 Å². The van der Waals surface area contributed by atoms with Crippen LogP contribution >= 0.6 is 0 Å². The first-order valence-electron chi connectivity index (χ1n) is 41.0. The SMILES string of the molecule is CC/C=C\C/C=C\C/C=C\C/C=C\C/C=C\C/C=C\C/C=C\C/C=C\C/C=C\C/C=C\C/C=C\C/C=C\CCCCCCC(=O)NC(COC1OC(CO)C(OC2OC(CO)C(O)C(O)C2O)C(O)C1O)C(O)/C=C/CC/C=C/CC/C=C/CCCCCCCCCCCCCCCCCCCCC. The largest absolute Gasteiger partial charge is 0.394 e. The molecule has 0 aliphatic carbocycles. The van der Waals surface area contributed by atoms with Crippen molar-refractivity contribution in [1.29, 1.82) is 0 Å². The van der Waals surface area contributed by atoms with Crippen LogP contribution in [0.1, 0.15) is 284 Å². The molecule has 0 saturated carbocycles. The van der Waals surface area contributed by atoms with Crippen LogP contribution in [0.4, 0.5) is 0 Å². The number of hydrogen-bond acceptors (Lipinski definition) is 13. The molecule has 0 aromatic heterocycles. The van der Waals surface area contributed by atoms with Gasteiger partial charge in [0.25, 0.3) is 0 Å². The average Bonchev–Trinajstić information content (AvgIpc) is 0.789. The van der Waals surface area contributed by atoms with Gasteiger partial charge in [0, 0.05) is 6.42 Å². The molecule has 1 amide bonds. The van der Waals surface area contributed by atoms with Crippen LogP contribution in [0, 0.1) is 0 Å². The first kappa shape index (κ1) is 95.2. The minimum atomic E-state index is -1.81. The zero-order valence-corrected chi connectivity index (χ0v) is 64.7. The number of amides is 1. The molecule has 2 fully saturated rings. The van der Waals surface area contributed by atoms with Crippen molar-refractivity contribution in [3.63, 3.8) is 0 Å². The van der Waals surface area contributed by atoms with Crippen LogP contribution in [0.2, 0.25) is 0 Å². The quantitative estimate of drug-likeness (QED) is 0.0204. The lowest BCUT2D eigenvalue weighted by molar-refractivity contribution is -0.359. The third kappa shape index (κ3) is 53.0. The molecule has 104 heavy (non-hydrogen) atoms. The van der Waals surface area contributed by atoms with Crippen LogP contribution in [0.15, 0.2) is 182 Å². The van der Waals surface area contributed by atoms with Crippen molar-refractivity contribution >= 4 is 5.91 Å². The second kappa shape index (κ2) is 71.0. The number of allylic oxidation sites excluding steroid dienone is 29. The molecule has 14 heteroatoms. The van der Waals surface area contributed by atoms with E-state index in [0.717, 1.165) is 128 Å². The molecular weight excluding hydrogens is 1300 g/mol. The number of carbonyl (C=O) groups is 1. The molecule has 2 rings (SSSR count). The summed E-state index contributed by atoms with van der Waals surface area (Å²) in [6, 6.07) is -0.968. The number of rotatable bonds is 66. The Hall–Kier alpha value is -4.91. The van der Waals surface area contributed by atoms with Crippen LogP contribution in [-0.4, -0.2) is 140 Å². The predicted octanol–water partition coefficient (Wildman–Crippen LogP) is 19.2. The Morgan fingerprint density at radius 2 is 0.673 bits per heavy atom. The van der Waals surface area contributed by atoms with E-state index >= 15 is 0 Å². The van der Waals surface area contributed by atoms with E-state index in [1.165, 1.54) is 122 Å². The van der Waals surface area contributed by atoms with Gasteiger partial charge in [-0.2, -0.15) is 0 Å². The Morgan fingerprint density at radius 1 is 0.356 bits per heavy atom. The van der Waals surface area contributed by atoms with Crippen molar-refractivity contribution in [2.24, 2.45) is 0 Å². The van der Waals surface area contributed by atoms with E-state index in [2.05, 4.69) is 189 Å². The van der Waals surface area contributed by atoms with Crippen molar-refractivity contribution in [3.8, 4) is 0 Å². The Balaban J connectivity index is 1.67. The van der Waals surface area contributed by atoms with Crippen LogP contribution in [0.25, 0.3) is 0 Å². The molecule has 14 nitrogen and oxygen atoms in total. The Bertz CT molecular complexity index is 2460. The van der Waals surface area contributed by atoms with Crippen LogP contribution in [0.3, 0.4) is 0 Å². The maximum atomic E-state index is 13.4. The molecule has 0 spiro atoms. The number of hydrogen-bond donors (Lipinski definition) is 9. The molecule has 9 N–H and O–H groups in total. The normalized spacial score (nSPS) is 22.5. The highest BCUT2D eigenvalue weighted by atomic mass is 16.7. The summed E-state index contributed by atoms with van der Waals surface area (Å²) in [4.78, 5) is 13.4. The third-order valence-corrected chi connectivity index (χ3v) is 18.6. The first-order chi connectivity index (χ1) is 51.1. The van der Waals surface area contributed by atoms with Gasteiger partial charge in [0.1, 0.15) is 48.8 Å². The van der Waals surface area contributed by atoms with Crippen LogP contribution < -0.4 is 5.32 Å². The summed E-state index contributed by atoms with van der Waals surface area (Å²) in [5, 5.41) is 87.6. The lowest BCUT2D eigenvalue weighted by Crippen LogP contribution is -2.65. The number of carbonyl (C=O) groups excluding carboxylic acids is 1. The Morgan fingerprint density at radius 3 is 1.06 bits per heavy atom. The van der Waals surface area contributed by atoms with Gasteiger partial charge in [-0.05, 0) is 135 Å². The fourth-order valence-corrected chi connectivity index (χ4v) is 12.1. The summed E-state index contributed by atoms with van der Waals surface area (Å²) in [5.74, 6) is -0.283. The second-order valence-corrected chi connectivity index (χ2v) is 27.8. The zero-order chi connectivity index (χ0) is 75.1. The molecule has 0 radical (unpaired) electrons. The van der Waals surface area contributed by atoms with Gasteiger partial charge >= 0.3 is 0 Å². The topological polar surface area (TPSA) is 228 Å². The highest BCUT2D eigenvalue weighted by molar-refractivity contribution is 5.76. The number of unbranched alkanes of at least 4 members (excludes halogenated alkanes) is 25. The van der Waals surface area contributed by atoms with E-state index in [0.29, 0.717) is 12.8 Å². The fraction of sp³-hybridized carbons (Fsp3) is 0.656. The minimum Gasteiger partial charge on any atom is -0.394 e. The van der Waals surface area contributed by atoms with Gasteiger partial charge < -0.3 is 65.1 Å². The van der Waals surface area contributed by atoms with E-state index < -0.39 is 86.8 Å². The van der Waals surface area contributed by atoms with E-state index in [1.807, 2.05) is 6.08 Å². The summed E-state index contributed by atoms with van der Waals surface area (Å²) in [7, 11) is 0. The number of nitrogens with one attached hydrogen (secondary N) is 1. The summed E-state index contributed by atoms with van der Waals surface area (Å²) in [6.45, 7) is 2.65. The Kier molecular flexibility index (Phi) is 65.0. The van der Waals surface area contributed by atoms with Crippen molar-refractivity contribution in [2.45, 2.75) is 357 Å². The van der Waals surface area contributed by atoms with Gasteiger partial charge in [-0.1, -0.05) is 325 Å². The van der Waals surface area contributed by atoms with E-state index in [4.69, 9.17) is 18.9 Å². The van der Waals surface area contributed by atoms with Crippen LogP contribution in [0.5, 0.6) is 0 Å². The molecule has 2 heterocycles. The van der Waals surface area contributed by atoms with Crippen molar-refractivity contribution in [2.75, 3.05) is 19.8 Å². The molecule has 12 atom stereocenters. The van der Waals surface area contributed by atoms with E-state index in [9.17, 15) is 45.6 Å². The molecule has 0 aromatic rings. The monoisotopic (exact) mass is 1450 g/mol. The van der Waals surface area contributed by atoms with Crippen molar-refractivity contribution < 1.29 is 64.6 Å². The zero-order valence-electron chi connectivity index (χ0n) is 64.7. The van der Waals surface area contributed by atoms with Gasteiger partial charge in [-0.25, -0.2) is 0 Å². The third-order valence-electron chi connectivity index (χ3n) is 18.6. The summed E-state index contributed by atoms with van der Waals surface area (Å²) in [6.07, 6.45) is 95.4. The van der Waals surface area contributed by atoms with E-state index in [-0.39, 0.29) is 18.9 Å². The summed E-state index contributed by atoms with van der Waals surface area (Å²) < 4.78 is 22.9. The lowest BCUT2D eigenvalue weighted by Gasteiger charge is -2.46. The van der Waals surface area contributed by atoms with Gasteiger partial charge in [-0.15, -0.1) is 0 Å². The van der Waals surface area contributed by atoms with Gasteiger partial charge in [0.15, 0.2) is 12.6 Å². The fourth-order valence-electron chi connectivity index (χ4n) is 12.1. The molecule has 0 aromatic carbocycles. The number of ether oxygens (including phenoxy) is 4. The molecule has 590 valence electrons. The molecule has 2 saturated heterocycles. The lowest BCUT2D eigenvalue weighted by atomic mass is 9.97. The van der Waals surface area contributed by atoms with E-state index in [1.54, 1.807) is 6.08 Å². The molecule has 2 aliphatic rings.